The molecule has 0 aromatic heterocycles. The number of carboxylic acids is 1. The third-order valence-electron chi connectivity index (χ3n) is 3.56. The zero-order chi connectivity index (χ0) is 11.9. The molecule has 0 saturated carbocycles. The predicted octanol–water partition coefficient (Wildman–Crippen LogP) is 1.36. The minimum atomic E-state index is -0.793. The third-order valence-corrected chi connectivity index (χ3v) is 3.56. The zero-order valence-electron chi connectivity index (χ0n) is 9.83. The van der Waals surface area contributed by atoms with E-state index < -0.39 is 11.4 Å². The number of carbonyl (C=O) groups is 2. The van der Waals surface area contributed by atoms with Gasteiger partial charge in [0.1, 0.15) is 0 Å². The largest absolute Gasteiger partial charge is 0.481 e. The molecule has 1 fully saturated rings. The molecule has 86 valence electrons. The molecule has 1 amide bonds. The Morgan fingerprint density at radius 1 is 1.33 bits per heavy atom. The summed E-state index contributed by atoms with van der Waals surface area (Å²) in [5.41, 5.74) is -1.12. The predicted molar refractivity (Wildman–Crippen MR) is 56.4 cm³/mol. The normalized spacial score (nSPS) is 26.8. The molecule has 0 radical (unpaired) electrons. The topological polar surface area (TPSA) is 57.6 Å². The van der Waals surface area contributed by atoms with Gasteiger partial charge in [-0.15, -0.1) is 0 Å². The van der Waals surface area contributed by atoms with E-state index in [2.05, 4.69) is 0 Å². The Morgan fingerprint density at radius 3 is 2.07 bits per heavy atom. The molecule has 15 heavy (non-hydrogen) atoms. The summed E-state index contributed by atoms with van der Waals surface area (Å²) in [7, 11) is 0. The van der Waals surface area contributed by atoms with Crippen molar-refractivity contribution in [1.29, 1.82) is 0 Å². The van der Waals surface area contributed by atoms with Gasteiger partial charge in [0.25, 0.3) is 0 Å². The van der Waals surface area contributed by atoms with E-state index >= 15 is 0 Å². The smallest absolute Gasteiger partial charge is 0.312 e. The van der Waals surface area contributed by atoms with E-state index in [1.54, 1.807) is 4.90 Å². The van der Waals surface area contributed by atoms with Gasteiger partial charge in [0, 0.05) is 20.0 Å². The van der Waals surface area contributed by atoms with Crippen LogP contribution < -0.4 is 0 Å². The van der Waals surface area contributed by atoms with Gasteiger partial charge in [-0.05, 0) is 11.8 Å². The van der Waals surface area contributed by atoms with E-state index in [1.165, 1.54) is 6.92 Å². The molecule has 1 atom stereocenters. The second-order valence-electron chi connectivity index (χ2n) is 5.33. The molecule has 0 aliphatic carbocycles. The maximum atomic E-state index is 11.4. The Balaban J connectivity index is 2.99. The van der Waals surface area contributed by atoms with Crippen molar-refractivity contribution in [3.63, 3.8) is 0 Å². The highest BCUT2D eigenvalue weighted by Crippen LogP contribution is 2.46. The Labute approximate surface area is 90.3 Å². The van der Waals surface area contributed by atoms with E-state index in [9.17, 15) is 14.7 Å². The molecule has 4 nitrogen and oxygen atoms in total. The summed E-state index contributed by atoms with van der Waals surface area (Å²) in [4.78, 5) is 24.2. The molecule has 0 bridgehead atoms. The molecule has 0 aromatic rings. The van der Waals surface area contributed by atoms with Crippen molar-refractivity contribution < 1.29 is 14.7 Å². The first-order chi connectivity index (χ1) is 6.71. The first-order valence-electron chi connectivity index (χ1n) is 5.20. The maximum Gasteiger partial charge on any atom is 0.312 e. The standard InChI is InChI=1S/C11H19NO3/c1-8(13)12-6-5-11(7-12,9(14)15)10(2,3)4/h5-7H2,1-4H3,(H,14,15). The molecule has 1 rings (SSSR count). The zero-order valence-corrected chi connectivity index (χ0v) is 9.83. The number of carboxylic acid groups (broad SMARTS) is 1. The first-order valence-corrected chi connectivity index (χ1v) is 5.20. The summed E-state index contributed by atoms with van der Waals surface area (Å²) in [5.74, 6) is -0.832. The van der Waals surface area contributed by atoms with Crippen LogP contribution >= 0.6 is 0 Å². The molecule has 1 heterocycles. The van der Waals surface area contributed by atoms with Crippen molar-refractivity contribution in [2.75, 3.05) is 13.1 Å². The average molecular weight is 213 g/mol. The van der Waals surface area contributed by atoms with Crippen LogP contribution in [0.25, 0.3) is 0 Å². The van der Waals surface area contributed by atoms with Crippen molar-refractivity contribution in [3.05, 3.63) is 0 Å². The minimum absolute atomic E-state index is 0.0395. The van der Waals surface area contributed by atoms with Crippen LogP contribution in [0.3, 0.4) is 0 Å². The summed E-state index contributed by atoms with van der Waals surface area (Å²) in [6.45, 7) is 8.14. The van der Waals surface area contributed by atoms with Crippen LogP contribution in [0.5, 0.6) is 0 Å². The van der Waals surface area contributed by atoms with Crippen LogP contribution in [-0.2, 0) is 9.59 Å². The summed E-state index contributed by atoms with van der Waals surface area (Å²) in [6, 6.07) is 0. The van der Waals surface area contributed by atoms with Crippen molar-refractivity contribution in [3.8, 4) is 0 Å². The van der Waals surface area contributed by atoms with Crippen LogP contribution in [0, 0.1) is 10.8 Å². The first kappa shape index (κ1) is 12.0. The van der Waals surface area contributed by atoms with E-state index in [-0.39, 0.29) is 11.3 Å². The number of carbonyl (C=O) groups excluding carboxylic acids is 1. The van der Waals surface area contributed by atoms with Gasteiger partial charge in [0.2, 0.25) is 5.91 Å². The summed E-state index contributed by atoms with van der Waals surface area (Å²) >= 11 is 0. The molecule has 1 aliphatic rings. The van der Waals surface area contributed by atoms with Gasteiger partial charge in [-0.25, -0.2) is 0 Å². The molecule has 1 aliphatic heterocycles. The number of aliphatic carboxylic acids is 1. The van der Waals surface area contributed by atoms with Gasteiger partial charge in [0.15, 0.2) is 0 Å². The highest BCUT2D eigenvalue weighted by Gasteiger charge is 2.53. The van der Waals surface area contributed by atoms with Gasteiger partial charge in [0.05, 0.1) is 5.41 Å². The third kappa shape index (κ3) is 1.85. The van der Waals surface area contributed by atoms with Crippen LogP contribution in [0.1, 0.15) is 34.1 Å². The van der Waals surface area contributed by atoms with Gasteiger partial charge in [-0.3, -0.25) is 9.59 Å². The Kier molecular flexibility index (Phi) is 2.81. The Bertz CT molecular complexity index is 293. The summed E-state index contributed by atoms with van der Waals surface area (Å²) in [5, 5.41) is 9.36. The molecule has 1 unspecified atom stereocenters. The SMILES string of the molecule is CC(=O)N1CCC(C(=O)O)(C(C)(C)C)C1. The van der Waals surface area contributed by atoms with Gasteiger partial charge in [-0.2, -0.15) is 0 Å². The lowest BCUT2D eigenvalue weighted by molar-refractivity contribution is -0.155. The second kappa shape index (κ2) is 3.51. The number of hydrogen-bond donors (Lipinski definition) is 1. The number of likely N-dealkylation sites (tertiary alicyclic amines) is 1. The van der Waals surface area contributed by atoms with Gasteiger partial charge < -0.3 is 10.0 Å². The lowest BCUT2D eigenvalue weighted by Gasteiger charge is -2.37. The van der Waals surface area contributed by atoms with Crippen LogP contribution in [0.15, 0.2) is 0 Å². The quantitative estimate of drug-likeness (QED) is 0.715. The molecule has 4 heteroatoms. The van der Waals surface area contributed by atoms with E-state index in [0.29, 0.717) is 19.5 Å². The Morgan fingerprint density at radius 2 is 1.87 bits per heavy atom. The lowest BCUT2D eigenvalue weighted by Crippen LogP contribution is -2.45. The fourth-order valence-electron chi connectivity index (χ4n) is 2.19. The van der Waals surface area contributed by atoms with E-state index in [1.807, 2.05) is 20.8 Å². The highest BCUT2D eigenvalue weighted by molar-refractivity contribution is 5.80. The molecule has 1 saturated heterocycles. The Hall–Kier alpha value is -1.06. The second-order valence-corrected chi connectivity index (χ2v) is 5.33. The summed E-state index contributed by atoms with van der Waals surface area (Å²) < 4.78 is 0. The van der Waals surface area contributed by atoms with Crippen LogP contribution in [0.4, 0.5) is 0 Å². The highest BCUT2D eigenvalue weighted by atomic mass is 16.4. The van der Waals surface area contributed by atoms with E-state index in [4.69, 9.17) is 0 Å². The van der Waals surface area contributed by atoms with Crippen molar-refractivity contribution in [2.24, 2.45) is 10.8 Å². The van der Waals surface area contributed by atoms with Crippen molar-refractivity contribution >= 4 is 11.9 Å². The fourth-order valence-corrected chi connectivity index (χ4v) is 2.19. The van der Waals surface area contributed by atoms with Gasteiger partial charge in [-0.1, -0.05) is 20.8 Å². The number of hydrogen-bond acceptors (Lipinski definition) is 2. The molecule has 1 N–H and O–H groups in total. The van der Waals surface area contributed by atoms with Crippen molar-refractivity contribution in [2.45, 2.75) is 34.1 Å². The van der Waals surface area contributed by atoms with E-state index in [0.717, 1.165) is 0 Å². The molecule has 0 aromatic carbocycles. The molecular formula is C11H19NO3. The number of nitrogens with zero attached hydrogens (tertiary/aromatic N) is 1. The van der Waals surface area contributed by atoms with Gasteiger partial charge >= 0.3 is 5.97 Å². The van der Waals surface area contributed by atoms with Crippen molar-refractivity contribution in [1.82, 2.24) is 4.90 Å². The fraction of sp³-hybridized carbons (Fsp3) is 0.818. The van der Waals surface area contributed by atoms with Crippen LogP contribution in [-0.4, -0.2) is 35.0 Å². The monoisotopic (exact) mass is 213 g/mol. The molecular weight excluding hydrogens is 194 g/mol. The summed E-state index contributed by atoms with van der Waals surface area (Å²) in [6.07, 6.45) is 0.547. The average Bonchev–Trinajstić information content (AvgIpc) is 2.46. The van der Waals surface area contributed by atoms with Crippen LogP contribution in [0.2, 0.25) is 0 Å². The minimum Gasteiger partial charge on any atom is -0.481 e. The number of rotatable bonds is 1. The maximum absolute atomic E-state index is 11.4. The molecule has 0 spiro atoms. The number of amides is 1. The lowest BCUT2D eigenvalue weighted by atomic mass is 9.66.